The molecule has 1 unspecified atom stereocenters. The van der Waals surface area contributed by atoms with Gasteiger partial charge in [0, 0.05) is 17.2 Å². The predicted octanol–water partition coefficient (Wildman–Crippen LogP) is 3.69. The first-order valence-electron chi connectivity index (χ1n) is 10.8. The Morgan fingerprint density at radius 3 is 2.40 bits per heavy atom. The lowest BCUT2D eigenvalue weighted by Crippen LogP contribution is -2.41. The molecule has 1 aromatic heterocycles. The Hall–Kier alpha value is -3.73. The summed E-state index contributed by atoms with van der Waals surface area (Å²) in [5, 5.41) is 12.1. The summed E-state index contributed by atoms with van der Waals surface area (Å²) < 4.78 is 33.9. The molecule has 0 bridgehead atoms. The highest BCUT2D eigenvalue weighted by Crippen LogP contribution is 2.30. The van der Waals surface area contributed by atoms with Gasteiger partial charge in [-0.05, 0) is 36.2 Å². The van der Waals surface area contributed by atoms with E-state index in [4.69, 9.17) is 9.25 Å². The highest BCUT2D eigenvalue weighted by Gasteiger charge is 2.27. The molecule has 0 aliphatic rings. The second-order valence-electron chi connectivity index (χ2n) is 7.91. The number of nitrogens with zero attached hydrogens (tertiary/aromatic N) is 1. The van der Waals surface area contributed by atoms with Crippen LogP contribution in [0.2, 0.25) is 0 Å². The second-order valence-corrected chi connectivity index (χ2v) is 9.62. The van der Waals surface area contributed by atoms with E-state index in [1.54, 1.807) is 6.07 Å². The Labute approximate surface area is 201 Å². The van der Waals surface area contributed by atoms with Crippen molar-refractivity contribution in [2.24, 2.45) is 0 Å². The Bertz CT molecular complexity index is 1470. The van der Waals surface area contributed by atoms with Gasteiger partial charge in [0.15, 0.2) is 0 Å². The minimum absolute atomic E-state index is 0.100. The van der Waals surface area contributed by atoms with E-state index < -0.39 is 27.9 Å². The summed E-state index contributed by atoms with van der Waals surface area (Å²) in [6, 6.07) is 19.2. The van der Waals surface area contributed by atoms with Crippen LogP contribution < -0.4 is 4.72 Å². The van der Waals surface area contributed by atoms with E-state index in [0.717, 1.165) is 16.0 Å². The van der Waals surface area contributed by atoms with Gasteiger partial charge in [0.05, 0.1) is 18.6 Å². The third-order valence-electron chi connectivity index (χ3n) is 5.57. The van der Waals surface area contributed by atoms with Crippen molar-refractivity contribution >= 4 is 43.8 Å². The summed E-state index contributed by atoms with van der Waals surface area (Å²) in [5.41, 5.74) is 1.97. The van der Waals surface area contributed by atoms with Crippen LogP contribution in [0.3, 0.4) is 0 Å². The molecule has 0 spiro atoms. The lowest BCUT2D eigenvalue weighted by molar-refractivity contribution is -0.179. The summed E-state index contributed by atoms with van der Waals surface area (Å²) in [6.45, 7) is 0.179. The van der Waals surface area contributed by atoms with Gasteiger partial charge in [-0.2, -0.15) is 4.72 Å². The van der Waals surface area contributed by atoms with Gasteiger partial charge in [-0.1, -0.05) is 48.5 Å². The number of carbonyl (C=O) groups is 2. The predicted molar refractivity (Wildman–Crippen MR) is 129 cm³/mol. The van der Waals surface area contributed by atoms with E-state index in [9.17, 15) is 23.1 Å². The van der Waals surface area contributed by atoms with Gasteiger partial charge in [-0.3, -0.25) is 14.4 Å². The number of hydrogen-bond donors (Lipinski definition) is 2. The lowest BCUT2D eigenvalue weighted by Gasteiger charge is -2.21. The Morgan fingerprint density at radius 1 is 1.00 bits per heavy atom. The van der Waals surface area contributed by atoms with Crippen molar-refractivity contribution in [2.75, 3.05) is 7.11 Å². The molecule has 182 valence electrons. The number of amides is 1. The molecular weight excluding hydrogens is 472 g/mol. The molecule has 0 aliphatic carbocycles. The maximum Gasteiger partial charge on any atom is 0.321 e. The third-order valence-corrected chi connectivity index (χ3v) is 7.04. The van der Waals surface area contributed by atoms with Gasteiger partial charge in [0.1, 0.15) is 17.2 Å². The van der Waals surface area contributed by atoms with Crippen LogP contribution in [0.1, 0.15) is 18.4 Å². The summed E-state index contributed by atoms with van der Waals surface area (Å²) >= 11 is 0. The molecule has 9 nitrogen and oxygen atoms in total. The number of furan rings is 1. The van der Waals surface area contributed by atoms with E-state index in [-0.39, 0.29) is 24.3 Å². The number of nitrogens with one attached hydrogen (secondary N) is 1. The van der Waals surface area contributed by atoms with Crippen LogP contribution in [-0.2, 0) is 31.0 Å². The standard InChI is InChI=1S/C25H24N2O7S/c1-33-27(16-17-7-3-2-4-8-17)24(28)14-12-21(25(29)30)26-35(31,32)18-11-13-23-20(15-18)19-9-5-6-10-22(19)34-23/h2-11,13,15,21,26H,12,14,16H2,1H3,(H,29,30). The van der Waals surface area contributed by atoms with E-state index in [0.29, 0.717) is 16.6 Å². The average molecular weight is 497 g/mol. The molecule has 1 heterocycles. The van der Waals surface area contributed by atoms with Crippen molar-refractivity contribution in [3.05, 3.63) is 78.4 Å². The van der Waals surface area contributed by atoms with Crippen LogP contribution in [0, 0.1) is 0 Å². The number of benzene rings is 3. The van der Waals surface area contributed by atoms with Crippen molar-refractivity contribution in [3.8, 4) is 0 Å². The molecule has 35 heavy (non-hydrogen) atoms. The zero-order valence-corrected chi connectivity index (χ0v) is 19.7. The number of para-hydroxylation sites is 1. The van der Waals surface area contributed by atoms with Gasteiger partial charge in [-0.25, -0.2) is 13.5 Å². The third kappa shape index (κ3) is 5.51. The minimum Gasteiger partial charge on any atom is -0.480 e. The van der Waals surface area contributed by atoms with E-state index >= 15 is 0 Å². The molecule has 1 atom stereocenters. The Morgan fingerprint density at radius 2 is 1.69 bits per heavy atom. The largest absolute Gasteiger partial charge is 0.480 e. The molecule has 1 amide bonds. The quantitative estimate of drug-likeness (QED) is 0.321. The summed E-state index contributed by atoms with van der Waals surface area (Å²) in [6.07, 6.45) is -0.482. The van der Waals surface area contributed by atoms with Crippen molar-refractivity contribution in [2.45, 2.75) is 30.3 Å². The minimum atomic E-state index is -4.19. The van der Waals surface area contributed by atoms with Crippen molar-refractivity contribution in [1.29, 1.82) is 0 Å². The van der Waals surface area contributed by atoms with E-state index in [1.165, 1.54) is 25.3 Å². The molecule has 4 aromatic rings. The molecule has 0 saturated heterocycles. The van der Waals surface area contributed by atoms with Crippen LogP contribution >= 0.6 is 0 Å². The fraction of sp³-hybridized carbons (Fsp3) is 0.200. The number of sulfonamides is 1. The van der Waals surface area contributed by atoms with Gasteiger partial charge < -0.3 is 9.52 Å². The first-order valence-corrected chi connectivity index (χ1v) is 12.3. The monoisotopic (exact) mass is 496 g/mol. The van der Waals surface area contributed by atoms with Gasteiger partial charge in [0.2, 0.25) is 15.9 Å². The molecule has 10 heteroatoms. The van der Waals surface area contributed by atoms with Crippen LogP contribution in [0.15, 0.2) is 82.1 Å². The molecular formula is C25H24N2O7S. The zero-order chi connectivity index (χ0) is 25.0. The fourth-order valence-electron chi connectivity index (χ4n) is 3.76. The molecule has 0 radical (unpaired) electrons. The van der Waals surface area contributed by atoms with E-state index in [2.05, 4.69) is 4.72 Å². The summed E-state index contributed by atoms with van der Waals surface area (Å²) in [7, 11) is -2.85. The van der Waals surface area contributed by atoms with Crippen LogP contribution in [0.5, 0.6) is 0 Å². The van der Waals surface area contributed by atoms with Crippen LogP contribution in [-0.4, -0.2) is 43.6 Å². The van der Waals surface area contributed by atoms with Gasteiger partial charge in [-0.15, -0.1) is 0 Å². The number of hydroxylamine groups is 2. The number of carboxylic acid groups (broad SMARTS) is 1. The van der Waals surface area contributed by atoms with Gasteiger partial charge >= 0.3 is 5.97 Å². The smallest absolute Gasteiger partial charge is 0.321 e. The summed E-state index contributed by atoms with van der Waals surface area (Å²) in [5.74, 6) is -1.85. The SMILES string of the molecule is CON(Cc1ccccc1)C(=O)CCC(NS(=O)(=O)c1ccc2oc3ccccc3c2c1)C(=O)O. The number of fused-ring (bicyclic) bond motifs is 3. The molecule has 2 N–H and O–H groups in total. The molecule has 3 aromatic carbocycles. The van der Waals surface area contributed by atoms with Crippen LogP contribution in [0.25, 0.3) is 21.9 Å². The Kier molecular flexibility index (Phi) is 7.15. The average Bonchev–Trinajstić information content (AvgIpc) is 3.23. The maximum atomic E-state index is 13.0. The first kappa shape index (κ1) is 24.4. The number of carbonyl (C=O) groups excluding carboxylic acids is 1. The lowest BCUT2D eigenvalue weighted by atomic mass is 10.1. The van der Waals surface area contributed by atoms with Crippen LogP contribution in [0.4, 0.5) is 0 Å². The molecule has 0 saturated carbocycles. The van der Waals surface area contributed by atoms with Crippen molar-refractivity contribution in [1.82, 2.24) is 9.79 Å². The molecule has 0 aliphatic heterocycles. The zero-order valence-electron chi connectivity index (χ0n) is 18.9. The van der Waals surface area contributed by atoms with Crippen molar-refractivity contribution < 1.29 is 32.4 Å². The number of hydrogen-bond acceptors (Lipinski definition) is 6. The van der Waals surface area contributed by atoms with E-state index in [1.807, 2.05) is 48.5 Å². The van der Waals surface area contributed by atoms with Crippen molar-refractivity contribution in [3.63, 3.8) is 0 Å². The fourth-order valence-corrected chi connectivity index (χ4v) is 5.01. The number of rotatable bonds is 10. The first-order chi connectivity index (χ1) is 16.8. The topological polar surface area (TPSA) is 126 Å². The molecule has 4 rings (SSSR count). The number of aliphatic carboxylic acids is 1. The highest BCUT2D eigenvalue weighted by molar-refractivity contribution is 7.89. The highest BCUT2D eigenvalue weighted by atomic mass is 32.2. The van der Waals surface area contributed by atoms with Gasteiger partial charge in [0.25, 0.3) is 0 Å². The molecule has 0 fully saturated rings. The maximum absolute atomic E-state index is 13.0. The number of carboxylic acids is 1. The normalized spacial score (nSPS) is 12.6. The second kappa shape index (κ2) is 10.3. The Balaban J connectivity index is 1.48. The summed E-state index contributed by atoms with van der Waals surface area (Å²) in [4.78, 5) is 29.4.